The number of hydrogen-bond donors (Lipinski definition) is 1. The van der Waals surface area contributed by atoms with Gasteiger partial charge in [0.1, 0.15) is 6.04 Å². The number of hydrogen-bond acceptors (Lipinski definition) is 3. The number of rotatable bonds is 7. The lowest BCUT2D eigenvalue weighted by molar-refractivity contribution is -0.125. The van der Waals surface area contributed by atoms with Crippen LogP contribution in [0.5, 0.6) is 0 Å². The molecule has 0 saturated heterocycles. The van der Waals surface area contributed by atoms with Crippen molar-refractivity contribution in [2.75, 3.05) is 13.3 Å². The average molecular weight is 360 g/mol. The quantitative estimate of drug-likeness (QED) is 0.826. The first-order valence-electron chi connectivity index (χ1n) is 8.18. The molecule has 2 unspecified atom stereocenters. The third-order valence-electron chi connectivity index (χ3n) is 4.18. The van der Waals surface area contributed by atoms with Crippen molar-refractivity contribution in [1.29, 1.82) is 0 Å². The van der Waals surface area contributed by atoms with Crippen molar-refractivity contribution in [3.63, 3.8) is 0 Å². The molecule has 0 heterocycles. The zero-order valence-corrected chi connectivity index (χ0v) is 15.5. The summed E-state index contributed by atoms with van der Waals surface area (Å²) in [5.41, 5.74) is 1.63. The van der Waals surface area contributed by atoms with Crippen LogP contribution >= 0.6 is 0 Å². The van der Waals surface area contributed by atoms with Gasteiger partial charge in [-0.05, 0) is 17.5 Å². The lowest BCUT2D eigenvalue weighted by Crippen LogP contribution is -2.42. The van der Waals surface area contributed by atoms with Gasteiger partial charge in [0.05, 0.1) is 12.3 Å². The van der Waals surface area contributed by atoms with Crippen molar-refractivity contribution in [2.24, 2.45) is 0 Å². The lowest BCUT2D eigenvalue weighted by atomic mass is 10.0. The zero-order chi connectivity index (χ0) is 18.4. The first-order chi connectivity index (χ1) is 11.8. The molecule has 2 aromatic rings. The number of nitrogens with one attached hydrogen (secondary N) is 1. The molecule has 1 amide bonds. The number of sulfonamides is 1. The summed E-state index contributed by atoms with van der Waals surface area (Å²) in [6, 6.07) is 17.5. The number of nitrogens with zero attached hydrogens (tertiary/aromatic N) is 1. The molecule has 2 aromatic carbocycles. The second-order valence-corrected chi connectivity index (χ2v) is 8.01. The number of carbonyl (C=O) groups is 1. The molecule has 0 radical (unpaired) electrons. The van der Waals surface area contributed by atoms with Crippen molar-refractivity contribution in [3.8, 4) is 0 Å². The Hall–Kier alpha value is -2.18. The van der Waals surface area contributed by atoms with Gasteiger partial charge in [-0.1, -0.05) is 67.6 Å². The summed E-state index contributed by atoms with van der Waals surface area (Å²) in [5, 5.41) is 2.99. The lowest BCUT2D eigenvalue weighted by Gasteiger charge is -2.28. The number of amides is 1. The van der Waals surface area contributed by atoms with E-state index in [-0.39, 0.29) is 11.9 Å². The van der Waals surface area contributed by atoms with Gasteiger partial charge in [0.25, 0.3) is 0 Å². The molecule has 1 N–H and O–H groups in total. The van der Waals surface area contributed by atoms with Gasteiger partial charge in [0, 0.05) is 7.05 Å². The van der Waals surface area contributed by atoms with E-state index in [1.165, 1.54) is 7.05 Å². The van der Waals surface area contributed by atoms with Crippen LogP contribution in [0.15, 0.2) is 60.7 Å². The van der Waals surface area contributed by atoms with Crippen LogP contribution in [0, 0.1) is 0 Å². The fourth-order valence-electron chi connectivity index (χ4n) is 2.71. The molecular formula is C19H24N2O3S. The van der Waals surface area contributed by atoms with Gasteiger partial charge in [-0.2, -0.15) is 4.31 Å². The first-order valence-corrected chi connectivity index (χ1v) is 10.0. The van der Waals surface area contributed by atoms with Gasteiger partial charge >= 0.3 is 0 Å². The fraction of sp³-hybridized carbons (Fsp3) is 0.316. The summed E-state index contributed by atoms with van der Waals surface area (Å²) in [4.78, 5) is 13.0. The molecular weight excluding hydrogens is 336 g/mol. The van der Waals surface area contributed by atoms with Gasteiger partial charge in [0.15, 0.2) is 0 Å². The van der Waals surface area contributed by atoms with Gasteiger partial charge in [-0.15, -0.1) is 0 Å². The van der Waals surface area contributed by atoms with Crippen LogP contribution in [-0.2, 0) is 14.8 Å². The van der Waals surface area contributed by atoms with Gasteiger partial charge in [-0.25, -0.2) is 8.42 Å². The van der Waals surface area contributed by atoms with Crippen LogP contribution in [-0.4, -0.2) is 31.9 Å². The number of carbonyl (C=O) groups excluding carboxylic acids is 1. The van der Waals surface area contributed by atoms with E-state index in [9.17, 15) is 13.2 Å². The van der Waals surface area contributed by atoms with Crippen molar-refractivity contribution in [3.05, 3.63) is 71.8 Å². The Kier molecular flexibility index (Phi) is 6.33. The van der Waals surface area contributed by atoms with Gasteiger partial charge < -0.3 is 5.32 Å². The molecule has 2 rings (SSSR count). The highest BCUT2D eigenvalue weighted by molar-refractivity contribution is 7.88. The Labute approximate surface area is 149 Å². The maximum Gasteiger partial charge on any atom is 0.243 e. The van der Waals surface area contributed by atoms with E-state index in [0.29, 0.717) is 12.0 Å². The molecule has 0 aliphatic rings. The van der Waals surface area contributed by atoms with Crippen LogP contribution in [0.1, 0.15) is 36.6 Å². The molecule has 134 valence electrons. The molecule has 0 spiro atoms. The van der Waals surface area contributed by atoms with Crippen molar-refractivity contribution >= 4 is 15.9 Å². The average Bonchev–Trinajstić information content (AvgIpc) is 2.60. The summed E-state index contributed by atoms with van der Waals surface area (Å²) >= 11 is 0. The predicted molar refractivity (Wildman–Crippen MR) is 99.4 cm³/mol. The Bertz CT molecular complexity index is 792. The monoisotopic (exact) mass is 360 g/mol. The van der Waals surface area contributed by atoms with Crippen LogP contribution < -0.4 is 5.32 Å². The molecule has 5 nitrogen and oxygen atoms in total. The third-order valence-corrected chi connectivity index (χ3v) is 5.43. The van der Waals surface area contributed by atoms with E-state index >= 15 is 0 Å². The fourth-order valence-corrected chi connectivity index (χ4v) is 3.31. The maximum atomic E-state index is 13.0. The Morgan fingerprint density at radius 2 is 1.48 bits per heavy atom. The number of benzene rings is 2. The van der Waals surface area contributed by atoms with Crippen LogP contribution in [0.3, 0.4) is 0 Å². The highest BCUT2D eigenvalue weighted by Gasteiger charge is 2.31. The second-order valence-electron chi connectivity index (χ2n) is 5.97. The maximum absolute atomic E-state index is 13.0. The van der Waals surface area contributed by atoms with E-state index in [1.54, 1.807) is 24.3 Å². The Morgan fingerprint density at radius 3 is 1.92 bits per heavy atom. The largest absolute Gasteiger partial charge is 0.348 e. The van der Waals surface area contributed by atoms with E-state index in [1.807, 2.05) is 43.3 Å². The minimum Gasteiger partial charge on any atom is -0.348 e. The van der Waals surface area contributed by atoms with Crippen molar-refractivity contribution in [1.82, 2.24) is 9.62 Å². The molecule has 0 aromatic heterocycles. The number of likely N-dealkylation sites (N-methyl/N-ethyl adjacent to an activating group) is 1. The van der Waals surface area contributed by atoms with Crippen LogP contribution in [0.2, 0.25) is 0 Å². The molecule has 6 heteroatoms. The SMILES string of the molecule is CCC(NC(=O)C(c1ccccc1)N(C)S(C)(=O)=O)c1ccccc1. The van der Waals surface area contributed by atoms with E-state index < -0.39 is 16.1 Å². The molecule has 2 atom stereocenters. The van der Waals surface area contributed by atoms with Crippen LogP contribution in [0.25, 0.3) is 0 Å². The Balaban J connectivity index is 2.32. The van der Waals surface area contributed by atoms with Crippen molar-refractivity contribution < 1.29 is 13.2 Å². The first kappa shape index (κ1) is 19.1. The van der Waals surface area contributed by atoms with Crippen LogP contribution in [0.4, 0.5) is 0 Å². The van der Waals surface area contributed by atoms with E-state index in [2.05, 4.69) is 5.32 Å². The second kappa shape index (κ2) is 8.27. The van der Waals surface area contributed by atoms with Crippen molar-refractivity contribution in [2.45, 2.75) is 25.4 Å². The summed E-state index contributed by atoms with van der Waals surface area (Å²) in [7, 11) is -2.10. The molecule has 25 heavy (non-hydrogen) atoms. The molecule has 0 aliphatic heterocycles. The normalized spacial score (nSPS) is 14.1. The smallest absolute Gasteiger partial charge is 0.243 e. The Morgan fingerprint density at radius 1 is 1.00 bits per heavy atom. The third kappa shape index (κ3) is 4.90. The minimum atomic E-state index is -3.53. The summed E-state index contributed by atoms with van der Waals surface area (Å²) in [6.45, 7) is 1.98. The highest BCUT2D eigenvalue weighted by atomic mass is 32.2. The summed E-state index contributed by atoms with van der Waals surface area (Å²) in [5.74, 6) is -0.338. The summed E-state index contributed by atoms with van der Waals surface area (Å²) < 4.78 is 25.1. The van der Waals surface area contributed by atoms with Gasteiger partial charge in [-0.3, -0.25) is 4.79 Å². The summed E-state index contributed by atoms with van der Waals surface area (Å²) in [6.07, 6.45) is 1.81. The minimum absolute atomic E-state index is 0.173. The predicted octanol–water partition coefficient (Wildman–Crippen LogP) is 2.89. The molecule has 0 bridgehead atoms. The molecule has 0 fully saturated rings. The standard InChI is InChI=1S/C19H24N2O3S/c1-4-17(15-11-7-5-8-12-15)20-19(22)18(21(2)25(3,23)24)16-13-9-6-10-14-16/h5-14,17-18H,4H2,1-3H3,(H,20,22). The van der Waals surface area contributed by atoms with E-state index in [4.69, 9.17) is 0 Å². The topological polar surface area (TPSA) is 66.5 Å². The van der Waals surface area contributed by atoms with E-state index in [0.717, 1.165) is 16.1 Å². The highest BCUT2D eigenvalue weighted by Crippen LogP contribution is 2.24. The molecule has 0 aliphatic carbocycles. The molecule has 0 saturated carbocycles. The van der Waals surface area contributed by atoms with Gasteiger partial charge in [0.2, 0.25) is 15.9 Å². The zero-order valence-electron chi connectivity index (χ0n) is 14.7.